The minimum Gasteiger partial charge on any atom is -0.394 e. The van der Waals surface area contributed by atoms with Crippen LogP contribution in [0, 0.1) is 0 Å². The van der Waals surface area contributed by atoms with Crippen LogP contribution in [0.25, 0.3) is 0 Å². The molecule has 0 radical (unpaired) electrons. The maximum atomic E-state index is 11.3. The quantitative estimate of drug-likeness (QED) is 0.108. The van der Waals surface area contributed by atoms with Gasteiger partial charge in [-0.05, 0) is 0 Å². The smallest absolute Gasteiger partial charge is 0.187 e. The number of aliphatic hydroxyl groups is 12. The molecule has 5 aliphatic rings. The SMILES string of the molecule is OC[C@@H]1O[C@@H](O[C@@H]2[C@@H](O)[C@H](O[C@@H]3CO[C@@H](O[C@@H]4CO[C@@H](O)[C@H](O)[C@H]4O)[C@H](O)[C@H]3O)OC[C@H]2O[C@@H]2OC[C@@H](O)[C@H](O)[C@H]2O)[C@H](O)[C@H]1O. The molecule has 5 heterocycles. The summed E-state index contributed by atoms with van der Waals surface area (Å²) < 4.78 is 49.1. The highest BCUT2D eigenvalue weighted by molar-refractivity contribution is 4.94. The lowest BCUT2D eigenvalue weighted by Gasteiger charge is -2.45. The van der Waals surface area contributed by atoms with Crippen molar-refractivity contribution in [2.24, 2.45) is 0 Å². The molecule has 0 bridgehead atoms. The molecule has 268 valence electrons. The van der Waals surface area contributed by atoms with Crippen molar-refractivity contribution in [3.63, 3.8) is 0 Å². The highest BCUT2D eigenvalue weighted by Crippen LogP contribution is 2.32. The maximum Gasteiger partial charge on any atom is 0.187 e. The van der Waals surface area contributed by atoms with Crippen molar-refractivity contribution >= 4 is 0 Å². The lowest BCUT2D eigenvalue weighted by atomic mass is 10.0. The molecule has 5 saturated heterocycles. The lowest BCUT2D eigenvalue weighted by Crippen LogP contribution is -2.63. The van der Waals surface area contributed by atoms with Crippen molar-refractivity contribution in [1.29, 1.82) is 0 Å². The van der Waals surface area contributed by atoms with Gasteiger partial charge >= 0.3 is 0 Å². The van der Waals surface area contributed by atoms with E-state index in [0.717, 1.165) is 0 Å². The van der Waals surface area contributed by atoms with E-state index in [2.05, 4.69) is 0 Å². The van der Waals surface area contributed by atoms with Crippen LogP contribution in [0.2, 0.25) is 0 Å². The van der Waals surface area contributed by atoms with Crippen molar-refractivity contribution in [2.75, 3.05) is 33.0 Å². The summed E-state index contributed by atoms with van der Waals surface area (Å²) in [6.45, 7) is -2.37. The first kappa shape index (κ1) is 36.4. The molecule has 0 unspecified atom stereocenters. The lowest BCUT2D eigenvalue weighted by molar-refractivity contribution is -0.367. The topological polar surface area (TPSA) is 326 Å². The molecule has 5 fully saturated rings. The summed E-state index contributed by atoms with van der Waals surface area (Å²) in [5, 5.41) is 122. The summed E-state index contributed by atoms with van der Waals surface area (Å²) in [6, 6.07) is 0. The number of ether oxygens (including phenoxy) is 9. The fourth-order valence-electron chi connectivity index (χ4n) is 5.62. The average Bonchev–Trinajstić information content (AvgIpc) is 3.31. The molecule has 5 aliphatic heterocycles. The Morgan fingerprint density at radius 2 is 0.913 bits per heavy atom. The van der Waals surface area contributed by atoms with E-state index in [9.17, 15) is 61.3 Å². The molecule has 0 aromatic rings. The average molecular weight is 679 g/mol. The monoisotopic (exact) mass is 678 g/mol. The maximum absolute atomic E-state index is 11.3. The molecule has 46 heavy (non-hydrogen) atoms. The van der Waals surface area contributed by atoms with Gasteiger partial charge in [-0.15, -0.1) is 0 Å². The molecule has 21 nitrogen and oxygen atoms in total. The number of hydrogen-bond acceptors (Lipinski definition) is 21. The van der Waals surface area contributed by atoms with Gasteiger partial charge in [0.1, 0.15) is 91.6 Å². The van der Waals surface area contributed by atoms with Gasteiger partial charge in [-0.25, -0.2) is 0 Å². The van der Waals surface area contributed by atoms with E-state index in [-0.39, 0.29) is 6.61 Å². The largest absolute Gasteiger partial charge is 0.394 e. The van der Waals surface area contributed by atoms with E-state index in [4.69, 9.17) is 42.6 Å². The first-order valence-corrected chi connectivity index (χ1v) is 14.7. The molecule has 0 saturated carbocycles. The summed E-state index contributed by atoms with van der Waals surface area (Å²) in [6.07, 6.45) is -31.3. The zero-order valence-corrected chi connectivity index (χ0v) is 24.1. The van der Waals surface area contributed by atoms with Crippen LogP contribution >= 0.6 is 0 Å². The third-order valence-electron chi connectivity index (χ3n) is 8.47. The molecule has 5 rings (SSSR count). The molecule has 0 spiro atoms. The normalized spacial score (nSPS) is 53.7. The van der Waals surface area contributed by atoms with Gasteiger partial charge in [-0.3, -0.25) is 0 Å². The van der Waals surface area contributed by atoms with Crippen molar-refractivity contribution in [1.82, 2.24) is 0 Å². The van der Waals surface area contributed by atoms with E-state index in [1.807, 2.05) is 0 Å². The Balaban J connectivity index is 1.24. The van der Waals surface area contributed by atoms with Crippen LogP contribution < -0.4 is 0 Å². The van der Waals surface area contributed by atoms with Crippen LogP contribution in [-0.4, -0.2) is 217 Å². The van der Waals surface area contributed by atoms with Gasteiger partial charge in [-0.2, -0.15) is 0 Å². The predicted octanol–water partition coefficient (Wildman–Crippen LogP) is -8.73. The second kappa shape index (κ2) is 15.4. The molecular weight excluding hydrogens is 636 g/mol. The highest BCUT2D eigenvalue weighted by atomic mass is 16.8. The Labute approximate surface area is 260 Å². The Bertz CT molecular complexity index is 965. The molecule has 0 aromatic heterocycles. The van der Waals surface area contributed by atoms with E-state index in [1.165, 1.54) is 0 Å². The van der Waals surface area contributed by atoms with Gasteiger partial charge in [-0.1, -0.05) is 0 Å². The third kappa shape index (κ3) is 7.50. The first-order valence-electron chi connectivity index (χ1n) is 14.7. The summed E-state index contributed by atoms with van der Waals surface area (Å²) in [4.78, 5) is 0. The van der Waals surface area contributed by atoms with Crippen LogP contribution in [-0.2, 0) is 42.6 Å². The standard InChI is InChI=1S/C25H42O21/c26-1-7-12(29)18(35)25(42-7)46-20-10(45-22-16(33)11(28)6(27)2-39-22)5-41-24(19(20)36)44-9-4-40-23(17(34)14(9)31)43-8-3-38-21(37)15(32)13(8)30/h6-37H,1-5H2/t6-,7+,8-,9-,10-,11+,12+,13+,14+,15-,16-,17-,18-,19-,20+,21-,22+,23+,24+,25+/m1/s1. The Morgan fingerprint density at radius 1 is 0.435 bits per heavy atom. The number of aliphatic hydroxyl groups excluding tert-OH is 12. The molecular formula is C25H42O21. The molecule has 20 atom stereocenters. The van der Waals surface area contributed by atoms with Gasteiger partial charge < -0.3 is 104 Å². The van der Waals surface area contributed by atoms with E-state index < -0.39 is 149 Å². The Morgan fingerprint density at radius 3 is 1.52 bits per heavy atom. The number of rotatable bonds is 9. The van der Waals surface area contributed by atoms with Crippen LogP contribution in [0.5, 0.6) is 0 Å². The summed E-state index contributed by atoms with van der Waals surface area (Å²) in [7, 11) is 0. The van der Waals surface area contributed by atoms with Gasteiger partial charge in [0.05, 0.1) is 33.0 Å². The van der Waals surface area contributed by atoms with Gasteiger partial charge in [0.2, 0.25) is 0 Å². The second-order valence-electron chi connectivity index (χ2n) is 11.7. The fourth-order valence-corrected chi connectivity index (χ4v) is 5.62. The predicted molar refractivity (Wildman–Crippen MR) is 136 cm³/mol. The van der Waals surface area contributed by atoms with Crippen LogP contribution in [0.3, 0.4) is 0 Å². The van der Waals surface area contributed by atoms with Gasteiger partial charge in [0.15, 0.2) is 31.5 Å². The fraction of sp³-hybridized carbons (Fsp3) is 1.00. The Hall–Kier alpha value is -0.840. The zero-order chi connectivity index (χ0) is 33.4. The van der Waals surface area contributed by atoms with E-state index in [1.54, 1.807) is 0 Å². The van der Waals surface area contributed by atoms with Crippen LogP contribution in [0.15, 0.2) is 0 Å². The van der Waals surface area contributed by atoms with Crippen molar-refractivity contribution < 1.29 is 104 Å². The second-order valence-corrected chi connectivity index (χ2v) is 11.7. The van der Waals surface area contributed by atoms with Crippen LogP contribution in [0.1, 0.15) is 0 Å². The minimum atomic E-state index is -1.82. The third-order valence-corrected chi connectivity index (χ3v) is 8.47. The minimum absolute atomic E-state index is 0.368. The van der Waals surface area contributed by atoms with Crippen molar-refractivity contribution in [2.45, 2.75) is 123 Å². The van der Waals surface area contributed by atoms with Crippen molar-refractivity contribution in [3.8, 4) is 0 Å². The molecule has 0 aromatic carbocycles. The zero-order valence-electron chi connectivity index (χ0n) is 24.1. The van der Waals surface area contributed by atoms with E-state index in [0.29, 0.717) is 0 Å². The Kier molecular flexibility index (Phi) is 12.2. The first-order chi connectivity index (χ1) is 21.8. The summed E-state index contributed by atoms with van der Waals surface area (Å²) in [5.74, 6) is 0. The molecule has 0 amide bonds. The van der Waals surface area contributed by atoms with E-state index >= 15 is 0 Å². The number of hydrogen-bond donors (Lipinski definition) is 12. The summed E-state index contributed by atoms with van der Waals surface area (Å²) in [5.41, 5.74) is 0. The highest BCUT2D eigenvalue weighted by Gasteiger charge is 2.52. The summed E-state index contributed by atoms with van der Waals surface area (Å²) >= 11 is 0. The molecule has 21 heteroatoms. The molecule has 0 aliphatic carbocycles. The van der Waals surface area contributed by atoms with Crippen LogP contribution in [0.4, 0.5) is 0 Å². The van der Waals surface area contributed by atoms with Gasteiger partial charge in [0.25, 0.3) is 0 Å². The van der Waals surface area contributed by atoms with Crippen molar-refractivity contribution in [3.05, 3.63) is 0 Å². The molecule has 12 N–H and O–H groups in total. The van der Waals surface area contributed by atoms with Gasteiger partial charge in [0, 0.05) is 0 Å².